The van der Waals surface area contributed by atoms with Crippen LogP contribution in [0.15, 0.2) is 24.3 Å². The third-order valence-corrected chi connectivity index (χ3v) is 3.34. The molecule has 3 heteroatoms. The molecule has 1 rings (SSSR count). The first kappa shape index (κ1) is 15.0. The minimum absolute atomic E-state index is 0.0621. The lowest BCUT2D eigenvalue weighted by atomic mass is 9.89. The van der Waals surface area contributed by atoms with Gasteiger partial charge in [-0.2, -0.15) is 0 Å². The molecule has 18 heavy (non-hydrogen) atoms. The Morgan fingerprint density at radius 2 is 1.94 bits per heavy atom. The summed E-state index contributed by atoms with van der Waals surface area (Å²) in [5.41, 5.74) is 1.01. The fourth-order valence-corrected chi connectivity index (χ4v) is 2.05. The molecule has 0 spiro atoms. The van der Waals surface area contributed by atoms with Gasteiger partial charge in [0.2, 0.25) is 0 Å². The van der Waals surface area contributed by atoms with E-state index >= 15 is 0 Å². The number of aliphatic hydroxyl groups is 1. The van der Waals surface area contributed by atoms with Crippen molar-refractivity contribution in [1.29, 1.82) is 0 Å². The molecule has 102 valence electrons. The highest BCUT2D eigenvalue weighted by Gasteiger charge is 2.20. The van der Waals surface area contributed by atoms with Crippen LogP contribution in [0.25, 0.3) is 0 Å². The molecule has 3 nitrogen and oxygen atoms in total. The number of hydrogen-bond donors (Lipinski definition) is 3. The molecule has 0 bridgehead atoms. The second kappa shape index (κ2) is 6.76. The molecule has 1 aromatic rings. The molecular formula is C15H25NO2. The van der Waals surface area contributed by atoms with Crippen LogP contribution in [-0.2, 0) is 0 Å². The van der Waals surface area contributed by atoms with Crippen LogP contribution in [0.5, 0.6) is 5.75 Å². The number of phenols is 1. The van der Waals surface area contributed by atoms with Crippen molar-refractivity contribution in [1.82, 2.24) is 5.32 Å². The molecule has 0 amide bonds. The summed E-state index contributed by atoms with van der Waals surface area (Å²) in [6.07, 6.45) is 1.70. The second-order valence-electron chi connectivity index (χ2n) is 5.54. The lowest BCUT2D eigenvalue weighted by Crippen LogP contribution is -2.32. The van der Waals surface area contributed by atoms with Crippen LogP contribution in [0.4, 0.5) is 0 Å². The van der Waals surface area contributed by atoms with Crippen LogP contribution in [0, 0.1) is 5.41 Å². The van der Waals surface area contributed by atoms with E-state index in [9.17, 15) is 5.11 Å². The van der Waals surface area contributed by atoms with Crippen molar-refractivity contribution in [2.75, 3.05) is 13.2 Å². The minimum atomic E-state index is 0.0621. The van der Waals surface area contributed by atoms with Crippen molar-refractivity contribution in [2.45, 2.75) is 39.7 Å². The number of rotatable bonds is 7. The summed E-state index contributed by atoms with van der Waals surface area (Å²) in [7, 11) is 0. The molecule has 1 unspecified atom stereocenters. The Labute approximate surface area is 110 Å². The quantitative estimate of drug-likeness (QED) is 0.698. The molecule has 0 aromatic heterocycles. The third kappa shape index (κ3) is 4.31. The number of phenolic OH excluding ortho intramolecular Hbond substituents is 1. The van der Waals surface area contributed by atoms with E-state index in [2.05, 4.69) is 26.1 Å². The van der Waals surface area contributed by atoms with Gasteiger partial charge in [0, 0.05) is 24.8 Å². The Morgan fingerprint density at radius 3 is 2.50 bits per heavy atom. The SMILES string of the molecule is CCC(NCC(C)(C)CCO)c1ccccc1O. The molecule has 3 N–H and O–H groups in total. The van der Waals surface area contributed by atoms with Gasteiger partial charge in [-0.05, 0) is 24.3 Å². The summed E-state index contributed by atoms with van der Waals surface area (Å²) in [6.45, 7) is 7.40. The van der Waals surface area contributed by atoms with E-state index < -0.39 is 0 Å². The van der Waals surface area contributed by atoms with Gasteiger partial charge in [-0.3, -0.25) is 0 Å². The molecule has 0 radical (unpaired) electrons. The largest absolute Gasteiger partial charge is 0.508 e. The maximum Gasteiger partial charge on any atom is 0.120 e. The highest BCUT2D eigenvalue weighted by atomic mass is 16.3. The van der Waals surface area contributed by atoms with E-state index in [-0.39, 0.29) is 18.1 Å². The van der Waals surface area contributed by atoms with E-state index in [1.807, 2.05) is 18.2 Å². The first-order valence-corrected chi connectivity index (χ1v) is 6.62. The standard InChI is InChI=1S/C15H25NO2/c1-4-13(12-7-5-6-8-14(12)18)16-11-15(2,3)9-10-17/h5-8,13,16-18H,4,9-11H2,1-3H3. The van der Waals surface area contributed by atoms with Crippen molar-refractivity contribution in [3.8, 4) is 5.75 Å². The zero-order valence-corrected chi connectivity index (χ0v) is 11.6. The Morgan fingerprint density at radius 1 is 1.28 bits per heavy atom. The fourth-order valence-electron chi connectivity index (χ4n) is 2.05. The van der Waals surface area contributed by atoms with Gasteiger partial charge < -0.3 is 15.5 Å². The summed E-state index contributed by atoms with van der Waals surface area (Å²) in [4.78, 5) is 0. The zero-order chi connectivity index (χ0) is 13.6. The zero-order valence-electron chi connectivity index (χ0n) is 11.6. The average molecular weight is 251 g/mol. The van der Waals surface area contributed by atoms with Crippen molar-refractivity contribution in [3.05, 3.63) is 29.8 Å². The normalized spacial score (nSPS) is 13.6. The molecule has 0 aliphatic heterocycles. The first-order valence-electron chi connectivity index (χ1n) is 6.62. The van der Waals surface area contributed by atoms with Crippen LogP contribution < -0.4 is 5.32 Å². The second-order valence-corrected chi connectivity index (χ2v) is 5.54. The van der Waals surface area contributed by atoms with Gasteiger partial charge in [-0.25, -0.2) is 0 Å². The number of hydrogen-bond acceptors (Lipinski definition) is 3. The van der Waals surface area contributed by atoms with Crippen LogP contribution in [-0.4, -0.2) is 23.4 Å². The molecular weight excluding hydrogens is 226 g/mol. The Bertz CT molecular complexity index is 363. The number of aromatic hydroxyl groups is 1. The molecule has 0 saturated carbocycles. The van der Waals surface area contributed by atoms with Crippen molar-refractivity contribution < 1.29 is 10.2 Å². The van der Waals surface area contributed by atoms with E-state index in [1.165, 1.54) is 0 Å². The maximum atomic E-state index is 9.86. The average Bonchev–Trinajstić information content (AvgIpc) is 2.32. The molecule has 0 saturated heterocycles. The van der Waals surface area contributed by atoms with Crippen LogP contribution >= 0.6 is 0 Å². The Kier molecular flexibility index (Phi) is 5.63. The van der Waals surface area contributed by atoms with Gasteiger partial charge >= 0.3 is 0 Å². The van der Waals surface area contributed by atoms with E-state index in [0.717, 1.165) is 24.9 Å². The summed E-state index contributed by atoms with van der Waals surface area (Å²) >= 11 is 0. The number of aliphatic hydroxyl groups excluding tert-OH is 1. The highest BCUT2D eigenvalue weighted by molar-refractivity contribution is 5.34. The van der Waals surface area contributed by atoms with Gasteiger partial charge in [0.1, 0.15) is 5.75 Å². The van der Waals surface area contributed by atoms with Crippen LogP contribution in [0.2, 0.25) is 0 Å². The molecule has 0 aliphatic rings. The third-order valence-electron chi connectivity index (χ3n) is 3.34. The lowest BCUT2D eigenvalue weighted by Gasteiger charge is -2.28. The summed E-state index contributed by atoms with van der Waals surface area (Å²) in [5, 5.41) is 22.4. The van der Waals surface area contributed by atoms with Gasteiger partial charge in [-0.1, -0.05) is 39.0 Å². The monoisotopic (exact) mass is 251 g/mol. The van der Waals surface area contributed by atoms with Gasteiger partial charge in [-0.15, -0.1) is 0 Å². The number of para-hydroxylation sites is 1. The minimum Gasteiger partial charge on any atom is -0.508 e. The van der Waals surface area contributed by atoms with Crippen molar-refractivity contribution >= 4 is 0 Å². The number of nitrogens with one attached hydrogen (secondary N) is 1. The molecule has 0 aliphatic carbocycles. The van der Waals surface area contributed by atoms with Crippen molar-refractivity contribution in [2.24, 2.45) is 5.41 Å². The first-order chi connectivity index (χ1) is 8.50. The predicted octanol–water partition coefficient (Wildman–Crippen LogP) is 2.84. The predicted molar refractivity (Wildman–Crippen MR) is 74.6 cm³/mol. The van der Waals surface area contributed by atoms with Crippen LogP contribution in [0.3, 0.4) is 0 Å². The summed E-state index contributed by atoms with van der Waals surface area (Å²) in [5.74, 6) is 0.344. The summed E-state index contributed by atoms with van der Waals surface area (Å²) in [6, 6.07) is 7.61. The lowest BCUT2D eigenvalue weighted by molar-refractivity contribution is 0.202. The van der Waals surface area contributed by atoms with Gasteiger partial charge in [0.15, 0.2) is 0 Å². The van der Waals surface area contributed by atoms with E-state index in [1.54, 1.807) is 6.07 Å². The Hall–Kier alpha value is -1.06. The van der Waals surface area contributed by atoms with E-state index in [0.29, 0.717) is 5.75 Å². The topological polar surface area (TPSA) is 52.5 Å². The summed E-state index contributed by atoms with van der Waals surface area (Å²) < 4.78 is 0. The molecule has 1 aromatic carbocycles. The van der Waals surface area contributed by atoms with E-state index in [4.69, 9.17) is 5.11 Å². The fraction of sp³-hybridized carbons (Fsp3) is 0.600. The van der Waals surface area contributed by atoms with Crippen LogP contribution in [0.1, 0.15) is 45.2 Å². The van der Waals surface area contributed by atoms with Gasteiger partial charge in [0.25, 0.3) is 0 Å². The van der Waals surface area contributed by atoms with Gasteiger partial charge in [0.05, 0.1) is 0 Å². The Balaban J connectivity index is 2.66. The molecule has 1 atom stereocenters. The van der Waals surface area contributed by atoms with Crippen molar-refractivity contribution in [3.63, 3.8) is 0 Å². The number of benzene rings is 1. The molecule has 0 fully saturated rings. The smallest absolute Gasteiger partial charge is 0.120 e. The maximum absolute atomic E-state index is 9.86. The highest BCUT2D eigenvalue weighted by Crippen LogP contribution is 2.27. The molecule has 0 heterocycles.